The van der Waals surface area contributed by atoms with Gasteiger partial charge in [0.2, 0.25) is 0 Å². The molecule has 3 heteroatoms. The van der Waals surface area contributed by atoms with Crippen LogP contribution in [0.4, 0.5) is 0 Å². The standard InChI is InChI=1S/C18H29N3/c1-12(2)15-19-14(20-21-15)8-18-7-13-5-16(3,10-18)9-17(4,6-13)11-18/h12-13H,5-11H2,1-4H3,(H,19,20,21). The van der Waals surface area contributed by atoms with E-state index >= 15 is 0 Å². The van der Waals surface area contributed by atoms with Crippen molar-refractivity contribution >= 4 is 0 Å². The molecular formula is C18H29N3. The topological polar surface area (TPSA) is 41.6 Å². The van der Waals surface area contributed by atoms with Gasteiger partial charge in [0.1, 0.15) is 5.82 Å². The Morgan fingerprint density at radius 1 is 1.10 bits per heavy atom. The van der Waals surface area contributed by atoms with Crippen LogP contribution in [0.5, 0.6) is 0 Å². The van der Waals surface area contributed by atoms with Gasteiger partial charge in [-0.2, -0.15) is 5.10 Å². The fourth-order valence-electron chi connectivity index (χ4n) is 6.88. The molecule has 1 aromatic rings. The van der Waals surface area contributed by atoms with Crippen LogP contribution in [-0.2, 0) is 6.42 Å². The first-order valence-electron chi connectivity index (χ1n) is 8.70. The minimum absolute atomic E-state index is 0.418. The molecule has 0 aliphatic heterocycles. The number of nitrogens with zero attached hydrogens (tertiary/aromatic N) is 2. The molecule has 2 atom stereocenters. The van der Waals surface area contributed by atoms with Gasteiger partial charge in [-0.1, -0.05) is 27.7 Å². The van der Waals surface area contributed by atoms with E-state index in [-0.39, 0.29) is 0 Å². The zero-order valence-electron chi connectivity index (χ0n) is 14.0. The van der Waals surface area contributed by atoms with Crippen molar-refractivity contribution in [2.45, 2.75) is 78.6 Å². The molecule has 21 heavy (non-hydrogen) atoms. The van der Waals surface area contributed by atoms with Gasteiger partial charge in [0.25, 0.3) is 0 Å². The fourth-order valence-corrected chi connectivity index (χ4v) is 6.88. The number of rotatable bonds is 3. The molecule has 2 unspecified atom stereocenters. The third kappa shape index (κ3) is 2.24. The second kappa shape index (κ2) is 4.11. The van der Waals surface area contributed by atoms with Crippen molar-refractivity contribution in [3.63, 3.8) is 0 Å². The molecule has 5 rings (SSSR count). The van der Waals surface area contributed by atoms with Gasteiger partial charge in [0.05, 0.1) is 0 Å². The van der Waals surface area contributed by atoms with Gasteiger partial charge in [-0.3, -0.25) is 5.10 Å². The zero-order chi connectivity index (χ0) is 14.9. The monoisotopic (exact) mass is 287 g/mol. The fraction of sp³-hybridized carbons (Fsp3) is 0.889. The Balaban J connectivity index is 1.62. The molecule has 1 aromatic heterocycles. The molecule has 4 aliphatic carbocycles. The maximum Gasteiger partial charge on any atom is 0.153 e. The lowest BCUT2D eigenvalue weighted by molar-refractivity contribution is -0.144. The summed E-state index contributed by atoms with van der Waals surface area (Å²) in [7, 11) is 0. The summed E-state index contributed by atoms with van der Waals surface area (Å²) >= 11 is 0. The highest BCUT2D eigenvalue weighted by atomic mass is 15.2. The molecule has 0 aromatic carbocycles. The van der Waals surface area contributed by atoms with E-state index < -0.39 is 0 Å². The first-order chi connectivity index (χ1) is 9.79. The van der Waals surface area contributed by atoms with Crippen molar-refractivity contribution in [1.29, 1.82) is 0 Å². The molecule has 1 heterocycles. The summed E-state index contributed by atoms with van der Waals surface area (Å²) in [6.07, 6.45) is 9.75. The Hall–Kier alpha value is -0.860. The quantitative estimate of drug-likeness (QED) is 0.891. The second-order valence-electron chi connectivity index (χ2n) is 9.60. The number of aromatic nitrogens is 3. The number of hydrogen-bond acceptors (Lipinski definition) is 2. The predicted molar refractivity (Wildman–Crippen MR) is 84.0 cm³/mol. The molecule has 4 aliphatic rings. The Labute approximate surface area is 128 Å². The number of aromatic amines is 1. The lowest BCUT2D eigenvalue weighted by Crippen LogP contribution is -2.55. The minimum atomic E-state index is 0.418. The smallest absolute Gasteiger partial charge is 0.153 e. The molecule has 116 valence electrons. The predicted octanol–water partition coefficient (Wildman–Crippen LogP) is 4.47. The van der Waals surface area contributed by atoms with Crippen molar-refractivity contribution < 1.29 is 0 Å². The molecular weight excluding hydrogens is 258 g/mol. The Morgan fingerprint density at radius 3 is 2.29 bits per heavy atom. The Morgan fingerprint density at radius 2 is 1.76 bits per heavy atom. The minimum Gasteiger partial charge on any atom is -0.263 e. The Kier molecular flexibility index (Phi) is 2.70. The van der Waals surface area contributed by atoms with Crippen molar-refractivity contribution in [1.82, 2.24) is 15.2 Å². The summed E-state index contributed by atoms with van der Waals surface area (Å²) in [5.41, 5.74) is 1.68. The van der Waals surface area contributed by atoms with Crippen molar-refractivity contribution in [2.75, 3.05) is 0 Å². The first kappa shape index (κ1) is 13.8. The molecule has 3 nitrogen and oxygen atoms in total. The van der Waals surface area contributed by atoms with Crippen LogP contribution in [-0.4, -0.2) is 15.2 Å². The number of nitrogens with one attached hydrogen (secondary N) is 1. The van der Waals surface area contributed by atoms with E-state index in [1.165, 1.54) is 38.5 Å². The van der Waals surface area contributed by atoms with Crippen molar-refractivity contribution in [3.8, 4) is 0 Å². The molecule has 1 N–H and O–H groups in total. The highest BCUT2D eigenvalue weighted by molar-refractivity contribution is 5.13. The molecule has 0 spiro atoms. The first-order valence-corrected chi connectivity index (χ1v) is 8.70. The highest BCUT2D eigenvalue weighted by Crippen LogP contribution is 2.70. The lowest BCUT2D eigenvalue weighted by atomic mass is 9.40. The highest BCUT2D eigenvalue weighted by Gasteiger charge is 2.59. The third-order valence-electron chi connectivity index (χ3n) is 6.35. The van der Waals surface area contributed by atoms with E-state index in [0.717, 1.165) is 24.0 Å². The SMILES string of the molecule is CC(C)c1n[nH]c(CC23CC4CC(C)(CC(C)(C4)C2)C3)n1. The van der Waals surface area contributed by atoms with Crippen LogP contribution in [0.1, 0.15) is 83.8 Å². The van der Waals surface area contributed by atoms with Gasteiger partial charge in [0.15, 0.2) is 5.82 Å². The largest absolute Gasteiger partial charge is 0.263 e. The van der Waals surface area contributed by atoms with Crippen LogP contribution >= 0.6 is 0 Å². The summed E-state index contributed by atoms with van der Waals surface area (Å²) in [6, 6.07) is 0. The molecule has 0 radical (unpaired) electrons. The van der Waals surface area contributed by atoms with Crippen LogP contribution in [0.25, 0.3) is 0 Å². The van der Waals surface area contributed by atoms with Gasteiger partial charge >= 0.3 is 0 Å². The molecule has 0 saturated heterocycles. The summed E-state index contributed by atoms with van der Waals surface area (Å²) in [6.45, 7) is 9.42. The van der Waals surface area contributed by atoms with E-state index in [1.54, 1.807) is 0 Å². The van der Waals surface area contributed by atoms with Crippen LogP contribution in [0.3, 0.4) is 0 Å². The summed E-state index contributed by atoms with van der Waals surface area (Å²) in [5, 5.41) is 7.64. The maximum atomic E-state index is 4.76. The van der Waals surface area contributed by atoms with Crippen LogP contribution in [0.15, 0.2) is 0 Å². The molecule has 4 saturated carbocycles. The maximum absolute atomic E-state index is 4.76. The van der Waals surface area contributed by atoms with E-state index in [4.69, 9.17) is 4.98 Å². The zero-order valence-corrected chi connectivity index (χ0v) is 14.0. The van der Waals surface area contributed by atoms with E-state index in [9.17, 15) is 0 Å². The van der Waals surface area contributed by atoms with Crippen molar-refractivity contribution in [3.05, 3.63) is 11.6 Å². The van der Waals surface area contributed by atoms with Gasteiger partial charge in [-0.25, -0.2) is 4.98 Å². The Bertz CT molecular complexity index is 541. The number of H-pyrrole nitrogens is 1. The summed E-state index contributed by atoms with van der Waals surface area (Å²) < 4.78 is 0. The average Bonchev–Trinajstić information content (AvgIpc) is 2.71. The van der Waals surface area contributed by atoms with E-state index in [1.807, 2.05) is 0 Å². The molecule has 4 bridgehead atoms. The van der Waals surface area contributed by atoms with E-state index in [2.05, 4.69) is 37.9 Å². The second-order valence-corrected chi connectivity index (χ2v) is 9.60. The molecule has 0 amide bonds. The normalized spacial score (nSPS) is 44.7. The van der Waals surface area contributed by atoms with Gasteiger partial charge in [-0.05, 0) is 60.7 Å². The summed E-state index contributed by atoms with van der Waals surface area (Å²) in [4.78, 5) is 4.76. The van der Waals surface area contributed by atoms with Crippen LogP contribution < -0.4 is 0 Å². The van der Waals surface area contributed by atoms with Gasteiger partial charge in [-0.15, -0.1) is 0 Å². The van der Waals surface area contributed by atoms with Gasteiger partial charge in [0, 0.05) is 12.3 Å². The average molecular weight is 287 g/mol. The lowest BCUT2D eigenvalue weighted by Gasteiger charge is -2.65. The van der Waals surface area contributed by atoms with Crippen LogP contribution in [0, 0.1) is 22.2 Å². The third-order valence-corrected chi connectivity index (χ3v) is 6.35. The summed E-state index contributed by atoms with van der Waals surface area (Å²) in [5.74, 6) is 3.49. The molecule has 4 fully saturated rings. The number of hydrogen-bond donors (Lipinski definition) is 1. The van der Waals surface area contributed by atoms with Gasteiger partial charge < -0.3 is 0 Å². The van der Waals surface area contributed by atoms with Crippen molar-refractivity contribution in [2.24, 2.45) is 22.2 Å². The van der Waals surface area contributed by atoms with E-state index in [0.29, 0.717) is 22.2 Å². The van der Waals surface area contributed by atoms with Crippen LogP contribution in [0.2, 0.25) is 0 Å².